The van der Waals surface area contributed by atoms with Crippen molar-refractivity contribution in [3.8, 4) is 5.69 Å². The van der Waals surface area contributed by atoms with Crippen molar-refractivity contribution in [2.24, 2.45) is 5.73 Å². The quantitative estimate of drug-likeness (QED) is 0.852. The zero-order chi connectivity index (χ0) is 11.6. The van der Waals surface area contributed by atoms with Crippen molar-refractivity contribution in [2.45, 2.75) is 19.3 Å². The van der Waals surface area contributed by atoms with Gasteiger partial charge in [0, 0.05) is 24.4 Å². The van der Waals surface area contributed by atoms with E-state index in [0.717, 1.165) is 5.69 Å². The number of hydrogen-bond donors (Lipinski definition) is 1. The number of aromatic nitrogens is 2. The summed E-state index contributed by atoms with van der Waals surface area (Å²) in [5.41, 5.74) is 8.11. The Balaban J connectivity index is 2.30. The van der Waals surface area contributed by atoms with E-state index in [0.29, 0.717) is 6.54 Å². The molecule has 3 heteroatoms. The molecule has 0 saturated carbocycles. The van der Waals surface area contributed by atoms with Gasteiger partial charge in [-0.15, -0.1) is 0 Å². The van der Waals surface area contributed by atoms with Gasteiger partial charge in [-0.3, -0.25) is 0 Å². The highest BCUT2D eigenvalue weighted by Crippen LogP contribution is 2.22. The predicted molar refractivity (Wildman–Crippen MR) is 65.6 cm³/mol. The Morgan fingerprint density at radius 2 is 1.94 bits per heavy atom. The summed E-state index contributed by atoms with van der Waals surface area (Å²) in [5.74, 6) is 0. The molecule has 2 rings (SSSR count). The summed E-state index contributed by atoms with van der Waals surface area (Å²) in [6, 6.07) is 10.3. The Kier molecular flexibility index (Phi) is 2.79. The molecule has 1 aromatic carbocycles. The molecular weight excluding hydrogens is 198 g/mol. The third-order valence-corrected chi connectivity index (χ3v) is 2.93. The summed E-state index contributed by atoms with van der Waals surface area (Å²) in [6.45, 7) is 4.94. The molecule has 0 aliphatic rings. The minimum absolute atomic E-state index is 0.0304. The summed E-state index contributed by atoms with van der Waals surface area (Å²) < 4.78 is 1.85. The van der Waals surface area contributed by atoms with Gasteiger partial charge in [0.15, 0.2) is 0 Å². The fraction of sp³-hybridized carbons (Fsp3) is 0.308. The lowest BCUT2D eigenvalue weighted by Crippen LogP contribution is -2.27. The van der Waals surface area contributed by atoms with Crippen LogP contribution in [0.1, 0.15) is 19.4 Å². The highest BCUT2D eigenvalue weighted by molar-refractivity contribution is 5.36. The number of nitrogens with zero attached hydrogens (tertiary/aromatic N) is 2. The van der Waals surface area contributed by atoms with Crippen LogP contribution in [0.4, 0.5) is 0 Å². The third-order valence-electron chi connectivity index (χ3n) is 2.93. The molecule has 0 bridgehead atoms. The standard InChI is InChI=1S/C13H17N3/c1-13(2,10-14)11-4-6-12(7-5-11)16-9-3-8-15-16/h3-9H,10,14H2,1-2H3. The van der Waals surface area contributed by atoms with E-state index in [9.17, 15) is 0 Å². The summed E-state index contributed by atoms with van der Waals surface area (Å²) in [4.78, 5) is 0. The van der Waals surface area contributed by atoms with Crippen molar-refractivity contribution >= 4 is 0 Å². The second-order valence-corrected chi connectivity index (χ2v) is 4.59. The average Bonchev–Trinajstić information content (AvgIpc) is 2.83. The van der Waals surface area contributed by atoms with Gasteiger partial charge in [0.05, 0.1) is 5.69 Å². The van der Waals surface area contributed by atoms with Gasteiger partial charge in [-0.05, 0) is 23.8 Å². The van der Waals surface area contributed by atoms with Gasteiger partial charge in [0.2, 0.25) is 0 Å². The van der Waals surface area contributed by atoms with Crippen LogP contribution in [0, 0.1) is 0 Å². The zero-order valence-electron chi connectivity index (χ0n) is 9.72. The monoisotopic (exact) mass is 215 g/mol. The van der Waals surface area contributed by atoms with E-state index >= 15 is 0 Å². The molecule has 0 radical (unpaired) electrons. The van der Waals surface area contributed by atoms with Crippen molar-refractivity contribution in [1.29, 1.82) is 0 Å². The molecule has 0 amide bonds. The summed E-state index contributed by atoms with van der Waals surface area (Å²) in [6.07, 6.45) is 3.71. The second-order valence-electron chi connectivity index (χ2n) is 4.59. The minimum Gasteiger partial charge on any atom is -0.330 e. The Labute approximate surface area is 95.9 Å². The Bertz CT molecular complexity index is 441. The van der Waals surface area contributed by atoms with E-state index in [1.165, 1.54) is 5.56 Å². The van der Waals surface area contributed by atoms with E-state index in [1.807, 2.05) is 16.9 Å². The molecule has 0 spiro atoms. The van der Waals surface area contributed by atoms with Gasteiger partial charge in [-0.1, -0.05) is 26.0 Å². The van der Waals surface area contributed by atoms with Gasteiger partial charge < -0.3 is 5.73 Å². The van der Waals surface area contributed by atoms with Crippen LogP contribution in [0.5, 0.6) is 0 Å². The van der Waals surface area contributed by atoms with Gasteiger partial charge >= 0.3 is 0 Å². The molecule has 16 heavy (non-hydrogen) atoms. The number of nitrogens with two attached hydrogens (primary N) is 1. The first-order valence-corrected chi connectivity index (χ1v) is 5.44. The SMILES string of the molecule is CC(C)(CN)c1ccc(-n2cccn2)cc1. The molecule has 2 N–H and O–H groups in total. The summed E-state index contributed by atoms with van der Waals surface area (Å²) in [5, 5.41) is 4.19. The van der Waals surface area contributed by atoms with Crippen molar-refractivity contribution in [1.82, 2.24) is 9.78 Å². The van der Waals surface area contributed by atoms with Crippen LogP contribution < -0.4 is 5.73 Å². The minimum atomic E-state index is 0.0304. The number of benzene rings is 1. The number of hydrogen-bond acceptors (Lipinski definition) is 2. The predicted octanol–water partition coefficient (Wildman–Crippen LogP) is 2.11. The molecule has 0 atom stereocenters. The van der Waals surface area contributed by atoms with Crippen LogP contribution in [0.25, 0.3) is 5.69 Å². The first-order valence-electron chi connectivity index (χ1n) is 5.44. The molecule has 2 aromatic rings. The molecule has 0 unspecified atom stereocenters. The maximum atomic E-state index is 5.75. The van der Waals surface area contributed by atoms with Crippen molar-refractivity contribution in [3.05, 3.63) is 48.3 Å². The second kappa shape index (κ2) is 4.10. The van der Waals surface area contributed by atoms with Gasteiger partial charge in [-0.25, -0.2) is 4.68 Å². The van der Waals surface area contributed by atoms with Crippen LogP contribution >= 0.6 is 0 Å². The fourth-order valence-corrected chi connectivity index (χ4v) is 1.60. The van der Waals surface area contributed by atoms with Crippen molar-refractivity contribution in [2.75, 3.05) is 6.54 Å². The normalized spacial score (nSPS) is 11.7. The van der Waals surface area contributed by atoms with Crippen LogP contribution in [0.15, 0.2) is 42.7 Å². The largest absolute Gasteiger partial charge is 0.330 e. The lowest BCUT2D eigenvalue weighted by Gasteiger charge is -2.23. The van der Waals surface area contributed by atoms with E-state index in [2.05, 4.69) is 43.2 Å². The lowest BCUT2D eigenvalue weighted by molar-refractivity contribution is 0.539. The Hall–Kier alpha value is -1.61. The van der Waals surface area contributed by atoms with Crippen LogP contribution in [-0.2, 0) is 5.41 Å². The summed E-state index contributed by atoms with van der Waals surface area (Å²) in [7, 11) is 0. The van der Waals surface area contributed by atoms with E-state index in [4.69, 9.17) is 5.73 Å². The Morgan fingerprint density at radius 3 is 2.44 bits per heavy atom. The Morgan fingerprint density at radius 1 is 1.25 bits per heavy atom. The molecule has 0 saturated heterocycles. The van der Waals surface area contributed by atoms with Gasteiger partial charge in [-0.2, -0.15) is 5.10 Å². The molecule has 0 fully saturated rings. The fourth-order valence-electron chi connectivity index (χ4n) is 1.60. The first-order chi connectivity index (χ1) is 7.63. The van der Waals surface area contributed by atoms with E-state index < -0.39 is 0 Å². The molecule has 1 aromatic heterocycles. The van der Waals surface area contributed by atoms with Gasteiger partial charge in [0.1, 0.15) is 0 Å². The van der Waals surface area contributed by atoms with E-state index in [-0.39, 0.29) is 5.41 Å². The maximum Gasteiger partial charge on any atom is 0.0645 e. The summed E-state index contributed by atoms with van der Waals surface area (Å²) >= 11 is 0. The smallest absolute Gasteiger partial charge is 0.0645 e. The van der Waals surface area contributed by atoms with Crippen LogP contribution in [-0.4, -0.2) is 16.3 Å². The molecule has 0 aliphatic heterocycles. The van der Waals surface area contributed by atoms with E-state index in [1.54, 1.807) is 6.20 Å². The van der Waals surface area contributed by atoms with Crippen molar-refractivity contribution in [3.63, 3.8) is 0 Å². The first kappa shape index (κ1) is 10.9. The van der Waals surface area contributed by atoms with Crippen molar-refractivity contribution < 1.29 is 0 Å². The third kappa shape index (κ3) is 1.99. The maximum absolute atomic E-state index is 5.75. The highest BCUT2D eigenvalue weighted by Gasteiger charge is 2.17. The van der Waals surface area contributed by atoms with Crippen LogP contribution in [0.2, 0.25) is 0 Å². The topological polar surface area (TPSA) is 43.8 Å². The van der Waals surface area contributed by atoms with Gasteiger partial charge in [0.25, 0.3) is 0 Å². The molecule has 0 aliphatic carbocycles. The molecule has 1 heterocycles. The molecular formula is C13H17N3. The highest BCUT2D eigenvalue weighted by atomic mass is 15.3. The average molecular weight is 215 g/mol. The number of rotatable bonds is 3. The van der Waals surface area contributed by atoms with Crippen LogP contribution in [0.3, 0.4) is 0 Å². The molecule has 84 valence electrons. The zero-order valence-corrected chi connectivity index (χ0v) is 9.72. The lowest BCUT2D eigenvalue weighted by atomic mass is 9.85. The molecule has 3 nitrogen and oxygen atoms in total.